The monoisotopic (exact) mass is 324 g/mol. The Morgan fingerprint density at radius 3 is 2.86 bits per heavy atom. The molecule has 0 aliphatic carbocycles. The molecule has 3 aromatic rings. The first-order chi connectivity index (χ1) is 9.70. The summed E-state index contributed by atoms with van der Waals surface area (Å²) in [6, 6.07) is 6.19. The molecular formula is C15H18Cl2N4. The number of pyridine rings is 1. The van der Waals surface area contributed by atoms with Crippen LogP contribution in [0.5, 0.6) is 0 Å². The van der Waals surface area contributed by atoms with Gasteiger partial charge in [0.05, 0.1) is 5.52 Å². The summed E-state index contributed by atoms with van der Waals surface area (Å²) < 4.78 is 1.79. The minimum atomic E-state index is 0. The Hall–Kier alpha value is -1.52. The summed E-state index contributed by atoms with van der Waals surface area (Å²) in [5, 5.41) is 6.65. The Kier molecular flexibility index (Phi) is 4.91. The van der Waals surface area contributed by atoms with Crippen molar-refractivity contribution < 1.29 is 0 Å². The fraction of sp³-hybridized carbons (Fsp3) is 0.333. The molecule has 0 aliphatic rings. The summed E-state index contributed by atoms with van der Waals surface area (Å²) >= 11 is 5.76. The molecule has 3 rings (SSSR count). The van der Waals surface area contributed by atoms with Gasteiger partial charge in [0, 0.05) is 29.9 Å². The van der Waals surface area contributed by atoms with Crippen LogP contribution in [0.4, 0.5) is 5.82 Å². The lowest BCUT2D eigenvalue weighted by Crippen LogP contribution is -1.96. The molecule has 4 nitrogen and oxygen atoms in total. The van der Waals surface area contributed by atoms with E-state index in [1.807, 2.05) is 25.4 Å². The number of rotatable bonds is 4. The Bertz CT molecular complexity index is 767. The largest absolute Gasteiger partial charge is 0.382 e. The van der Waals surface area contributed by atoms with Crippen molar-refractivity contribution >= 4 is 51.6 Å². The highest BCUT2D eigenvalue weighted by Gasteiger charge is 2.12. The van der Waals surface area contributed by atoms with Crippen LogP contribution in [0.15, 0.2) is 24.4 Å². The van der Waals surface area contributed by atoms with Gasteiger partial charge in [0.1, 0.15) is 5.52 Å². The average molecular weight is 325 g/mol. The summed E-state index contributed by atoms with van der Waals surface area (Å²) in [4.78, 5) is 4.48. The van der Waals surface area contributed by atoms with E-state index < -0.39 is 0 Å². The number of fused-ring (bicyclic) bond motifs is 3. The number of nitrogens with zero attached hydrogens (tertiary/aromatic N) is 3. The zero-order valence-corrected chi connectivity index (χ0v) is 13.4. The molecule has 0 amide bonds. The maximum absolute atomic E-state index is 6.00. The first-order valence-corrected chi connectivity index (χ1v) is 7.30. The SMILES string of the molecule is Cl.Cn1cc2c(n1)c(N)nc1cccc(CCCCCl)c12. The third-order valence-electron chi connectivity index (χ3n) is 3.54. The fourth-order valence-corrected chi connectivity index (χ4v) is 2.84. The summed E-state index contributed by atoms with van der Waals surface area (Å²) in [5.74, 6) is 1.20. The van der Waals surface area contributed by atoms with Gasteiger partial charge in [0.15, 0.2) is 5.82 Å². The molecule has 0 unspecified atom stereocenters. The van der Waals surface area contributed by atoms with Crippen LogP contribution in [0.2, 0.25) is 0 Å². The van der Waals surface area contributed by atoms with Crippen LogP contribution in [-0.4, -0.2) is 20.6 Å². The lowest BCUT2D eigenvalue weighted by atomic mass is 10.0. The molecule has 2 heterocycles. The molecule has 0 aliphatic heterocycles. The van der Waals surface area contributed by atoms with Crippen LogP contribution in [0.1, 0.15) is 18.4 Å². The maximum atomic E-state index is 6.00. The average Bonchev–Trinajstić information content (AvgIpc) is 2.81. The molecule has 0 atom stereocenters. The van der Waals surface area contributed by atoms with E-state index in [1.54, 1.807) is 4.68 Å². The van der Waals surface area contributed by atoms with Gasteiger partial charge in [-0.05, 0) is 30.9 Å². The summed E-state index contributed by atoms with van der Waals surface area (Å²) in [6.45, 7) is 0. The van der Waals surface area contributed by atoms with E-state index >= 15 is 0 Å². The Morgan fingerprint density at radius 2 is 2.10 bits per heavy atom. The molecule has 0 fully saturated rings. The number of benzene rings is 1. The van der Waals surface area contributed by atoms with Crippen molar-refractivity contribution in [3.8, 4) is 0 Å². The number of alkyl halides is 1. The molecule has 0 radical (unpaired) electrons. The first-order valence-electron chi connectivity index (χ1n) is 6.77. The zero-order chi connectivity index (χ0) is 14.1. The molecule has 0 spiro atoms. The molecular weight excluding hydrogens is 307 g/mol. The quantitative estimate of drug-likeness (QED) is 0.588. The van der Waals surface area contributed by atoms with Gasteiger partial charge in [0.2, 0.25) is 0 Å². The number of unbranched alkanes of at least 4 members (excludes halogenated alkanes) is 1. The van der Waals surface area contributed by atoms with Crippen LogP contribution in [0.3, 0.4) is 0 Å². The van der Waals surface area contributed by atoms with Gasteiger partial charge < -0.3 is 5.73 Å². The fourth-order valence-electron chi connectivity index (χ4n) is 2.65. The third-order valence-corrected chi connectivity index (χ3v) is 3.81. The van der Waals surface area contributed by atoms with Crippen LogP contribution in [-0.2, 0) is 13.5 Å². The van der Waals surface area contributed by atoms with Crippen molar-refractivity contribution in [3.63, 3.8) is 0 Å². The summed E-state index contributed by atoms with van der Waals surface area (Å²) in [6.07, 6.45) is 5.12. The molecule has 6 heteroatoms. The number of aryl methyl sites for hydroxylation is 2. The number of anilines is 1. The minimum Gasteiger partial charge on any atom is -0.382 e. The molecule has 1 aromatic carbocycles. The van der Waals surface area contributed by atoms with Gasteiger partial charge in [-0.2, -0.15) is 5.10 Å². The second kappa shape index (κ2) is 6.50. The van der Waals surface area contributed by atoms with E-state index in [-0.39, 0.29) is 12.4 Å². The lowest BCUT2D eigenvalue weighted by Gasteiger charge is -2.07. The van der Waals surface area contributed by atoms with E-state index in [0.29, 0.717) is 11.7 Å². The smallest absolute Gasteiger partial charge is 0.152 e. The highest BCUT2D eigenvalue weighted by atomic mass is 35.5. The normalized spacial score (nSPS) is 11.0. The van der Waals surface area contributed by atoms with E-state index in [4.69, 9.17) is 17.3 Å². The second-order valence-corrected chi connectivity index (χ2v) is 5.40. The lowest BCUT2D eigenvalue weighted by molar-refractivity contribution is 0.780. The van der Waals surface area contributed by atoms with Gasteiger partial charge in [-0.15, -0.1) is 24.0 Å². The van der Waals surface area contributed by atoms with Crippen LogP contribution < -0.4 is 5.73 Å². The highest BCUT2D eigenvalue weighted by Crippen LogP contribution is 2.30. The highest BCUT2D eigenvalue weighted by molar-refractivity contribution is 6.17. The number of nitrogens with two attached hydrogens (primary N) is 1. The van der Waals surface area contributed by atoms with Crippen molar-refractivity contribution in [2.75, 3.05) is 11.6 Å². The van der Waals surface area contributed by atoms with Gasteiger partial charge in [-0.3, -0.25) is 4.68 Å². The zero-order valence-electron chi connectivity index (χ0n) is 11.8. The predicted molar refractivity (Wildman–Crippen MR) is 91.3 cm³/mol. The third kappa shape index (κ3) is 2.92. The first kappa shape index (κ1) is 15.9. The summed E-state index contributed by atoms with van der Waals surface area (Å²) in [5.41, 5.74) is 9.01. The van der Waals surface area contributed by atoms with E-state index in [0.717, 1.165) is 35.7 Å². The van der Waals surface area contributed by atoms with Crippen molar-refractivity contribution in [1.29, 1.82) is 0 Å². The van der Waals surface area contributed by atoms with Crippen molar-refractivity contribution in [2.24, 2.45) is 7.05 Å². The van der Waals surface area contributed by atoms with Gasteiger partial charge in [0.25, 0.3) is 0 Å². The molecule has 0 saturated heterocycles. The Morgan fingerprint density at radius 1 is 1.29 bits per heavy atom. The molecule has 2 aromatic heterocycles. The number of halogens is 2. The molecule has 112 valence electrons. The number of aromatic nitrogens is 3. The standard InChI is InChI=1S/C15H17ClN4.ClH/c1-20-9-11-13-10(5-2-3-8-16)6-4-7-12(13)18-15(17)14(11)19-20;/h4,6-7,9H,2-3,5,8H2,1H3,(H2,17,18);1H. The Labute approximate surface area is 134 Å². The van der Waals surface area contributed by atoms with Gasteiger partial charge in [-0.25, -0.2) is 4.98 Å². The molecule has 0 saturated carbocycles. The van der Waals surface area contributed by atoms with Crippen molar-refractivity contribution in [2.45, 2.75) is 19.3 Å². The number of hydrogen-bond acceptors (Lipinski definition) is 3. The second-order valence-electron chi connectivity index (χ2n) is 5.02. The number of nitrogen functional groups attached to an aromatic ring is 1. The van der Waals surface area contributed by atoms with Crippen LogP contribution >= 0.6 is 24.0 Å². The van der Waals surface area contributed by atoms with Crippen LogP contribution in [0.25, 0.3) is 21.8 Å². The van der Waals surface area contributed by atoms with Crippen LogP contribution in [0, 0.1) is 0 Å². The van der Waals surface area contributed by atoms with Gasteiger partial charge >= 0.3 is 0 Å². The molecule has 21 heavy (non-hydrogen) atoms. The molecule has 2 N–H and O–H groups in total. The topological polar surface area (TPSA) is 56.7 Å². The van der Waals surface area contributed by atoms with Gasteiger partial charge in [-0.1, -0.05) is 12.1 Å². The number of hydrogen-bond donors (Lipinski definition) is 1. The predicted octanol–water partition coefficient (Wildman–Crippen LogP) is 3.69. The van der Waals surface area contributed by atoms with E-state index in [1.165, 1.54) is 10.9 Å². The minimum absolute atomic E-state index is 0. The van der Waals surface area contributed by atoms with Crippen molar-refractivity contribution in [1.82, 2.24) is 14.8 Å². The summed E-state index contributed by atoms with van der Waals surface area (Å²) in [7, 11) is 1.90. The van der Waals surface area contributed by atoms with E-state index in [2.05, 4.69) is 16.1 Å². The Balaban J connectivity index is 0.00000161. The van der Waals surface area contributed by atoms with E-state index in [9.17, 15) is 0 Å². The maximum Gasteiger partial charge on any atom is 0.152 e. The molecule has 0 bridgehead atoms. The van der Waals surface area contributed by atoms with Crippen molar-refractivity contribution in [3.05, 3.63) is 30.0 Å².